The first kappa shape index (κ1) is 21.1. The number of rotatable bonds is 4. The summed E-state index contributed by atoms with van der Waals surface area (Å²) in [5.41, 5.74) is 3.64. The van der Waals surface area contributed by atoms with E-state index in [1.54, 1.807) is 0 Å². The molecule has 4 aromatic rings. The molecule has 0 spiro atoms. The van der Waals surface area contributed by atoms with Crippen molar-refractivity contribution in [2.24, 2.45) is 0 Å². The van der Waals surface area contributed by atoms with Gasteiger partial charge in [0.15, 0.2) is 0 Å². The van der Waals surface area contributed by atoms with Crippen LogP contribution >= 0.6 is 0 Å². The third-order valence-electron chi connectivity index (χ3n) is 6.31. The molecule has 3 heterocycles. The Morgan fingerprint density at radius 2 is 1.67 bits per heavy atom. The molecule has 1 fully saturated rings. The Morgan fingerprint density at radius 3 is 2.33 bits per heavy atom. The summed E-state index contributed by atoms with van der Waals surface area (Å²) >= 11 is 0. The van der Waals surface area contributed by atoms with Crippen molar-refractivity contribution in [1.82, 2.24) is 19.8 Å². The molecule has 7 nitrogen and oxygen atoms in total. The minimum absolute atomic E-state index is 0.0722. The summed E-state index contributed by atoms with van der Waals surface area (Å²) in [6, 6.07) is 14.9. The number of hydrogen-bond donors (Lipinski definition) is 0. The average molecular weight is 443 g/mol. The smallest absolute Gasteiger partial charge is 0.274 e. The zero-order valence-electron chi connectivity index (χ0n) is 18.9. The van der Waals surface area contributed by atoms with Gasteiger partial charge in [-0.2, -0.15) is 5.10 Å². The van der Waals surface area contributed by atoms with E-state index in [1.165, 1.54) is 11.1 Å². The summed E-state index contributed by atoms with van der Waals surface area (Å²) in [6.45, 7) is 5.66. The lowest BCUT2D eigenvalue weighted by molar-refractivity contribution is 0.0724. The van der Waals surface area contributed by atoms with E-state index < -0.39 is 0 Å². The van der Waals surface area contributed by atoms with Crippen molar-refractivity contribution in [2.45, 2.75) is 39.7 Å². The molecule has 0 atom stereocenters. The van der Waals surface area contributed by atoms with Crippen LogP contribution in [0.25, 0.3) is 22.0 Å². The van der Waals surface area contributed by atoms with Crippen LogP contribution in [0.4, 0.5) is 0 Å². The molecular weight excluding hydrogens is 416 g/mol. The van der Waals surface area contributed by atoms with Gasteiger partial charge in [-0.25, -0.2) is 4.68 Å². The van der Waals surface area contributed by atoms with Crippen LogP contribution in [0.15, 0.2) is 57.8 Å². The number of fused-ring (bicyclic) bond motifs is 1. The van der Waals surface area contributed by atoms with Crippen molar-refractivity contribution in [2.75, 3.05) is 13.1 Å². The maximum absolute atomic E-state index is 13.2. The highest BCUT2D eigenvalue weighted by Crippen LogP contribution is 2.30. The van der Waals surface area contributed by atoms with Crippen LogP contribution in [-0.4, -0.2) is 38.8 Å². The molecule has 2 aromatic heterocycles. The third-order valence-corrected chi connectivity index (χ3v) is 6.31. The maximum atomic E-state index is 13.2. The molecule has 33 heavy (non-hydrogen) atoms. The maximum Gasteiger partial charge on any atom is 0.274 e. The van der Waals surface area contributed by atoms with E-state index in [9.17, 15) is 9.59 Å². The van der Waals surface area contributed by atoms with Gasteiger partial charge in [0, 0.05) is 24.0 Å². The number of hydrogen-bond acceptors (Lipinski definition) is 5. The van der Waals surface area contributed by atoms with E-state index in [-0.39, 0.29) is 11.5 Å². The standard InChI is InChI=1S/C26H26N4O3/c1-17-23(18(2)33-28-17)24-21-8-4-5-9-22(21)26(32)30(27-24)16-19-10-12-20(13-11-19)25(31)29-14-6-3-7-15-29/h4-5,8-13H,3,6-7,14-16H2,1-2H3. The molecule has 0 N–H and O–H groups in total. The normalized spacial score (nSPS) is 14.1. The topological polar surface area (TPSA) is 81.2 Å². The van der Waals surface area contributed by atoms with Crippen LogP contribution in [0.2, 0.25) is 0 Å². The second-order valence-electron chi connectivity index (χ2n) is 8.61. The van der Waals surface area contributed by atoms with Crippen LogP contribution in [-0.2, 0) is 6.54 Å². The first-order chi connectivity index (χ1) is 16.0. The van der Waals surface area contributed by atoms with Gasteiger partial charge in [0.25, 0.3) is 11.5 Å². The fourth-order valence-electron chi connectivity index (χ4n) is 4.55. The number of likely N-dealkylation sites (tertiary alicyclic amines) is 1. The number of amides is 1. The monoisotopic (exact) mass is 442 g/mol. The fourth-order valence-corrected chi connectivity index (χ4v) is 4.55. The number of carbonyl (C=O) groups excluding carboxylic acids is 1. The van der Waals surface area contributed by atoms with Crippen LogP contribution in [0.3, 0.4) is 0 Å². The average Bonchev–Trinajstić information content (AvgIpc) is 3.19. The lowest BCUT2D eigenvalue weighted by Crippen LogP contribution is -2.35. The zero-order valence-corrected chi connectivity index (χ0v) is 18.9. The van der Waals surface area contributed by atoms with Crippen LogP contribution in [0.5, 0.6) is 0 Å². The Morgan fingerprint density at radius 1 is 0.970 bits per heavy atom. The molecule has 1 aliphatic heterocycles. The molecule has 0 aliphatic carbocycles. The molecule has 1 aliphatic rings. The number of nitrogens with zero attached hydrogens (tertiary/aromatic N) is 4. The van der Waals surface area contributed by atoms with Gasteiger partial charge in [-0.1, -0.05) is 35.5 Å². The third kappa shape index (κ3) is 3.95. The molecule has 0 saturated carbocycles. The summed E-state index contributed by atoms with van der Waals surface area (Å²) in [6.07, 6.45) is 3.31. The first-order valence-corrected chi connectivity index (χ1v) is 11.3. The molecule has 0 bridgehead atoms. The zero-order chi connectivity index (χ0) is 22.9. The van der Waals surface area contributed by atoms with Gasteiger partial charge in [0.1, 0.15) is 11.5 Å². The lowest BCUT2D eigenvalue weighted by Gasteiger charge is -2.26. The molecule has 7 heteroatoms. The van der Waals surface area contributed by atoms with Crippen molar-refractivity contribution in [3.63, 3.8) is 0 Å². The van der Waals surface area contributed by atoms with Crippen molar-refractivity contribution < 1.29 is 9.32 Å². The number of aromatic nitrogens is 3. The highest BCUT2D eigenvalue weighted by molar-refractivity contribution is 5.95. The molecule has 168 valence electrons. The molecule has 5 rings (SSSR count). The summed E-state index contributed by atoms with van der Waals surface area (Å²) < 4.78 is 6.84. The van der Waals surface area contributed by atoms with Gasteiger partial charge in [-0.05, 0) is 56.9 Å². The molecule has 0 radical (unpaired) electrons. The Labute approximate surface area is 191 Å². The fraction of sp³-hybridized carbons (Fsp3) is 0.308. The van der Waals surface area contributed by atoms with Gasteiger partial charge in [0.05, 0.1) is 23.2 Å². The van der Waals surface area contributed by atoms with Gasteiger partial charge >= 0.3 is 0 Å². The second kappa shape index (κ2) is 8.65. The summed E-state index contributed by atoms with van der Waals surface area (Å²) in [5.74, 6) is 0.735. The highest BCUT2D eigenvalue weighted by atomic mass is 16.5. The van der Waals surface area contributed by atoms with E-state index in [0.717, 1.165) is 48.1 Å². The van der Waals surface area contributed by atoms with Crippen molar-refractivity contribution >= 4 is 16.7 Å². The van der Waals surface area contributed by atoms with E-state index in [2.05, 4.69) is 5.16 Å². The minimum atomic E-state index is -0.158. The number of piperidine rings is 1. The Bertz CT molecular complexity index is 1360. The molecule has 0 unspecified atom stereocenters. The first-order valence-electron chi connectivity index (χ1n) is 11.3. The number of benzene rings is 2. The number of carbonyl (C=O) groups is 1. The number of aryl methyl sites for hydroxylation is 2. The van der Waals surface area contributed by atoms with Gasteiger partial charge in [-0.3, -0.25) is 9.59 Å². The predicted molar refractivity (Wildman–Crippen MR) is 126 cm³/mol. The summed E-state index contributed by atoms with van der Waals surface area (Å²) in [7, 11) is 0. The predicted octanol–water partition coefficient (Wildman–Crippen LogP) is 4.34. The van der Waals surface area contributed by atoms with E-state index in [0.29, 0.717) is 28.9 Å². The summed E-state index contributed by atoms with van der Waals surface area (Å²) in [5, 5.41) is 10.2. The SMILES string of the molecule is Cc1noc(C)c1-c1nn(Cc2ccc(C(=O)N3CCCCC3)cc2)c(=O)c2ccccc12. The van der Waals surface area contributed by atoms with E-state index in [1.807, 2.05) is 67.3 Å². The molecule has 1 amide bonds. The Hall–Kier alpha value is -3.74. The molecular formula is C26H26N4O3. The van der Waals surface area contributed by atoms with Gasteiger partial charge in [-0.15, -0.1) is 0 Å². The minimum Gasteiger partial charge on any atom is -0.361 e. The van der Waals surface area contributed by atoms with Crippen LogP contribution in [0, 0.1) is 13.8 Å². The largest absolute Gasteiger partial charge is 0.361 e. The van der Waals surface area contributed by atoms with E-state index in [4.69, 9.17) is 9.62 Å². The quantitative estimate of drug-likeness (QED) is 0.470. The van der Waals surface area contributed by atoms with Gasteiger partial charge in [0.2, 0.25) is 0 Å². The van der Waals surface area contributed by atoms with Crippen LogP contribution < -0.4 is 5.56 Å². The van der Waals surface area contributed by atoms with Crippen molar-refractivity contribution in [3.05, 3.63) is 81.5 Å². The molecule has 2 aromatic carbocycles. The van der Waals surface area contributed by atoms with Crippen LogP contribution in [0.1, 0.15) is 46.6 Å². The lowest BCUT2D eigenvalue weighted by atomic mass is 10.0. The highest BCUT2D eigenvalue weighted by Gasteiger charge is 2.20. The van der Waals surface area contributed by atoms with E-state index >= 15 is 0 Å². The Balaban J connectivity index is 1.50. The molecule has 1 saturated heterocycles. The summed E-state index contributed by atoms with van der Waals surface area (Å²) in [4.78, 5) is 27.9. The van der Waals surface area contributed by atoms with Gasteiger partial charge < -0.3 is 9.42 Å². The van der Waals surface area contributed by atoms with Crippen molar-refractivity contribution in [3.8, 4) is 11.3 Å². The van der Waals surface area contributed by atoms with Crippen molar-refractivity contribution in [1.29, 1.82) is 0 Å². The second-order valence-corrected chi connectivity index (χ2v) is 8.61. The Kier molecular flexibility index (Phi) is 5.54.